The average molecular weight is 370 g/mol. The summed E-state index contributed by atoms with van der Waals surface area (Å²) in [5, 5.41) is 1.07. The molecule has 0 aliphatic carbocycles. The molecule has 0 N–H and O–H groups in total. The van der Waals surface area contributed by atoms with Crippen LogP contribution in [-0.2, 0) is 6.61 Å². The van der Waals surface area contributed by atoms with Gasteiger partial charge in [-0.15, -0.1) is 0 Å². The first-order valence-corrected chi connectivity index (χ1v) is 9.69. The zero-order valence-electron chi connectivity index (χ0n) is 15.4. The standard InChI is InChI=1S/C23H23O2P.Li.H/c1-16-8-7-9-17(2)22(16)23(24)26-21-13-12-20(14-18(21)3)25-15-19-10-5-4-6-11-19;;/h4-14,26H,15H2,1-3H3;;. The topological polar surface area (TPSA) is 26.3 Å². The number of carbonyl (C=O) groups is 1. The summed E-state index contributed by atoms with van der Waals surface area (Å²) in [6, 6.07) is 22.1. The van der Waals surface area contributed by atoms with Gasteiger partial charge in [-0.2, -0.15) is 0 Å². The molecular weight excluding hydrogens is 346 g/mol. The van der Waals surface area contributed by atoms with Gasteiger partial charge >= 0.3 is 18.9 Å². The SMILES string of the molecule is Cc1cc(OCc2ccccc2)ccc1PC(=O)c1c(C)cccc1C.[LiH]. The third-order valence-electron chi connectivity index (χ3n) is 4.40. The van der Waals surface area contributed by atoms with E-state index in [4.69, 9.17) is 4.74 Å². The molecule has 1 atom stereocenters. The van der Waals surface area contributed by atoms with E-state index in [1.54, 1.807) is 0 Å². The van der Waals surface area contributed by atoms with Crippen molar-refractivity contribution in [1.29, 1.82) is 0 Å². The molecule has 0 aliphatic heterocycles. The van der Waals surface area contributed by atoms with E-state index in [1.807, 2.05) is 87.5 Å². The average Bonchev–Trinajstić information content (AvgIpc) is 2.63. The van der Waals surface area contributed by atoms with Crippen LogP contribution in [0.4, 0.5) is 0 Å². The van der Waals surface area contributed by atoms with Crippen LogP contribution in [0.25, 0.3) is 0 Å². The summed E-state index contributed by atoms with van der Waals surface area (Å²) < 4.78 is 5.87. The van der Waals surface area contributed by atoms with Crippen LogP contribution < -0.4 is 10.0 Å². The van der Waals surface area contributed by atoms with E-state index in [2.05, 4.69) is 0 Å². The number of hydrogen-bond donors (Lipinski definition) is 0. The number of benzene rings is 3. The summed E-state index contributed by atoms with van der Waals surface area (Å²) in [4.78, 5) is 12.8. The predicted molar refractivity (Wildman–Crippen MR) is 117 cm³/mol. The van der Waals surface area contributed by atoms with Crippen LogP contribution in [0.5, 0.6) is 5.75 Å². The minimum atomic E-state index is 0. The molecular formula is C23H24LiO2P. The Bertz CT molecular complexity index is 903. The van der Waals surface area contributed by atoms with Gasteiger partial charge in [-0.3, -0.25) is 4.79 Å². The van der Waals surface area contributed by atoms with Gasteiger partial charge in [0, 0.05) is 5.56 Å². The Balaban J connectivity index is 0.00000261. The van der Waals surface area contributed by atoms with Gasteiger partial charge in [-0.1, -0.05) is 54.6 Å². The van der Waals surface area contributed by atoms with Crippen LogP contribution in [-0.4, -0.2) is 24.4 Å². The Kier molecular flexibility index (Phi) is 7.87. The van der Waals surface area contributed by atoms with Crippen molar-refractivity contribution < 1.29 is 9.53 Å². The molecule has 0 aliphatic rings. The summed E-state index contributed by atoms with van der Waals surface area (Å²) in [6.45, 7) is 6.58. The summed E-state index contributed by atoms with van der Waals surface area (Å²) in [6.07, 6.45) is 0. The molecule has 2 nitrogen and oxygen atoms in total. The fourth-order valence-electron chi connectivity index (χ4n) is 2.96. The van der Waals surface area contributed by atoms with Crippen molar-refractivity contribution >= 4 is 38.3 Å². The summed E-state index contributed by atoms with van der Waals surface area (Å²) in [5.74, 6) is 0.833. The Labute approximate surface area is 175 Å². The second kappa shape index (κ2) is 9.91. The zero-order valence-corrected chi connectivity index (χ0v) is 16.4. The van der Waals surface area contributed by atoms with Gasteiger partial charge in [-0.05, 0) is 69.0 Å². The van der Waals surface area contributed by atoms with Crippen LogP contribution >= 0.6 is 8.58 Å². The van der Waals surface area contributed by atoms with Crippen molar-refractivity contribution in [2.24, 2.45) is 0 Å². The van der Waals surface area contributed by atoms with E-state index >= 15 is 0 Å². The number of ether oxygens (including phenoxy) is 1. The second-order valence-corrected chi connectivity index (χ2v) is 7.71. The quantitative estimate of drug-likeness (QED) is 0.465. The molecule has 0 heterocycles. The maximum absolute atomic E-state index is 12.8. The Morgan fingerprint density at radius 1 is 0.852 bits per heavy atom. The van der Waals surface area contributed by atoms with E-state index in [9.17, 15) is 4.79 Å². The molecule has 27 heavy (non-hydrogen) atoms. The third kappa shape index (κ3) is 5.57. The molecule has 0 spiro atoms. The van der Waals surface area contributed by atoms with Crippen molar-refractivity contribution in [1.82, 2.24) is 0 Å². The molecule has 0 bridgehead atoms. The second-order valence-electron chi connectivity index (χ2n) is 6.47. The molecule has 0 saturated heterocycles. The van der Waals surface area contributed by atoms with Crippen LogP contribution in [0.3, 0.4) is 0 Å². The molecule has 1 unspecified atom stereocenters. The van der Waals surface area contributed by atoms with Crippen LogP contribution in [0.2, 0.25) is 0 Å². The molecule has 3 rings (SSSR count). The molecule has 0 radical (unpaired) electrons. The Hall–Kier alpha value is -1.84. The van der Waals surface area contributed by atoms with E-state index in [0.717, 1.165) is 38.9 Å². The number of rotatable bonds is 6. The van der Waals surface area contributed by atoms with E-state index in [-0.39, 0.29) is 33.0 Å². The molecule has 0 fully saturated rings. The Morgan fingerprint density at radius 3 is 2.15 bits per heavy atom. The molecule has 0 amide bonds. The number of aryl methyl sites for hydroxylation is 3. The summed E-state index contributed by atoms with van der Waals surface area (Å²) in [5.41, 5.74) is 5.37. The molecule has 0 aromatic heterocycles. The van der Waals surface area contributed by atoms with Gasteiger partial charge in [0.05, 0.1) is 0 Å². The van der Waals surface area contributed by atoms with Crippen molar-refractivity contribution in [2.45, 2.75) is 27.4 Å². The molecule has 3 aromatic carbocycles. The predicted octanol–water partition coefficient (Wildman–Crippen LogP) is 4.69. The van der Waals surface area contributed by atoms with Crippen molar-refractivity contribution in [2.75, 3.05) is 0 Å². The number of carbonyl (C=O) groups excluding carboxylic acids is 1. The first kappa shape index (κ1) is 21.5. The molecule has 134 valence electrons. The van der Waals surface area contributed by atoms with Crippen LogP contribution in [0, 0.1) is 20.8 Å². The van der Waals surface area contributed by atoms with Crippen LogP contribution in [0.1, 0.15) is 32.6 Å². The fourth-order valence-corrected chi connectivity index (χ4v) is 4.16. The first-order valence-electron chi connectivity index (χ1n) is 8.69. The normalized spacial score (nSPS) is 10.6. The van der Waals surface area contributed by atoms with Gasteiger partial charge in [0.15, 0.2) is 5.52 Å². The summed E-state index contributed by atoms with van der Waals surface area (Å²) >= 11 is 0. The van der Waals surface area contributed by atoms with Gasteiger partial charge < -0.3 is 4.74 Å². The van der Waals surface area contributed by atoms with E-state index in [0.29, 0.717) is 6.61 Å². The van der Waals surface area contributed by atoms with Gasteiger partial charge in [0.1, 0.15) is 12.4 Å². The van der Waals surface area contributed by atoms with Gasteiger partial charge in [0.25, 0.3) is 0 Å². The number of hydrogen-bond acceptors (Lipinski definition) is 2. The fraction of sp³-hybridized carbons (Fsp3) is 0.174. The summed E-state index contributed by atoms with van der Waals surface area (Å²) in [7, 11) is 0.124. The third-order valence-corrected chi connectivity index (χ3v) is 5.71. The van der Waals surface area contributed by atoms with Gasteiger partial charge in [-0.25, -0.2) is 0 Å². The monoisotopic (exact) mass is 370 g/mol. The zero-order chi connectivity index (χ0) is 18.5. The van der Waals surface area contributed by atoms with Crippen molar-refractivity contribution in [3.05, 3.63) is 94.5 Å². The van der Waals surface area contributed by atoms with Crippen LogP contribution in [0.15, 0.2) is 66.7 Å². The first-order chi connectivity index (χ1) is 12.5. The van der Waals surface area contributed by atoms with E-state index < -0.39 is 0 Å². The molecule has 0 saturated carbocycles. The van der Waals surface area contributed by atoms with Crippen molar-refractivity contribution in [3.63, 3.8) is 0 Å². The minimum absolute atomic E-state index is 0. The van der Waals surface area contributed by atoms with E-state index in [1.165, 1.54) is 0 Å². The maximum atomic E-state index is 12.8. The molecule has 3 aromatic rings. The van der Waals surface area contributed by atoms with Crippen molar-refractivity contribution in [3.8, 4) is 5.75 Å². The molecule has 4 heteroatoms. The Morgan fingerprint density at radius 2 is 1.52 bits per heavy atom. The van der Waals surface area contributed by atoms with Gasteiger partial charge in [0.2, 0.25) is 0 Å².